The molecule has 2 aromatic carbocycles. The number of ether oxygens (including phenoxy) is 1. The van der Waals surface area contributed by atoms with Crippen LogP contribution in [0.4, 0.5) is 34.5 Å². The number of urea groups is 1. The minimum atomic E-state index is -4.52. The summed E-state index contributed by atoms with van der Waals surface area (Å²) >= 11 is 1.46. The van der Waals surface area contributed by atoms with Crippen molar-refractivity contribution in [2.45, 2.75) is 25.9 Å². The first-order valence-corrected chi connectivity index (χ1v) is 12.6. The van der Waals surface area contributed by atoms with Crippen molar-refractivity contribution < 1.29 is 27.5 Å². The highest BCUT2D eigenvalue weighted by molar-refractivity contribution is 7.19. The lowest BCUT2D eigenvalue weighted by Gasteiger charge is -2.11. The lowest BCUT2D eigenvalue weighted by Crippen LogP contribution is -2.23. The van der Waals surface area contributed by atoms with Crippen LogP contribution in [0.5, 0.6) is 11.8 Å². The maximum Gasteiger partial charge on any atom is 0.416 e. The highest BCUT2D eigenvalue weighted by Crippen LogP contribution is 2.36. The number of aromatic nitrogens is 3. The van der Waals surface area contributed by atoms with E-state index in [-0.39, 0.29) is 23.3 Å². The quantitative estimate of drug-likeness (QED) is 0.282. The van der Waals surface area contributed by atoms with Crippen LogP contribution in [0.15, 0.2) is 61.1 Å². The van der Waals surface area contributed by atoms with Crippen LogP contribution in [0.1, 0.15) is 24.0 Å². The van der Waals surface area contributed by atoms with Crippen LogP contribution in [-0.2, 0) is 11.0 Å². The highest BCUT2D eigenvalue weighted by Gasteiger charge is 2.30. The van der Waals surface area contributed by atoms with Crippen molar-refractivity contribution in [2.24, 2.45) is 0 Å². The van der Waals surface area contributed by atoms with E-state index in [4.69, 9.17) is 4.74 Å². The Morgan fingerprint density at radius 1 is 1.03 bits per heavy atom. The second kappa shape index (κ2) is 10.7. The summed E-state index contributed by atoms with van der Waals surface area (Å²) in [4.78, 5) is 39.4. The number of halogens is 3. The van der Waals surface area contributed by atoms with Gasteiger partial charge >= 0.3 is 18.2 Å². The van der Waals surface area contributed by atoms with Crippen LogP contribution in [0.2, 0.25) is 0 Å². The number of hydrogen-bond donors (Lipinski definition) is 2. The van der Waals surface area contributed by atoms with E-state index in [1.807, 2.05) is 19.1 Å². The van der Waals surface area contributed by atoms with Crippen LogP contribution >= 0.6 is 11.3 Å². The van der Waals surface area contributed by atoms with Gasteiger partial charge in [-0.05, 0) is 60.9 Å². The predicted molar refractivity (Wildman–Crippen MR) is 140 cm³/mol. The first kappa shape index (κ1) is 26.1. The molecule has 3 heterocycles. The SMILES string of the molecule is Cc1cc(Oc2ncc(NC(=O)Nc3cccc(C(F)(F)F)c3)cn2)ccc1-c1cnc(N2CCCC2=O)s1. The van der Waals surface area contributed by atoms with Crippen molar-refractivity contribution in [3.8, 4) is 22.2 Å². The van der Waals surface area contributed by atoms with Gasteiger partial charge in [-0.1, -0.05) is 17.4 Å². The average Bonchev–Trinajstić information content (AvgIpc) is 3.54. The van der Waals surface area contributed by atoms with Gasteiger partial charge in [0.15, 0.2) is 5.13 Å². The van der Waals surface area contributed by atoms with Crippen molar-refractivity contribution in [2.75, 3.05) is 22.1 Å². The third-order valence-corrected chi connectivity index (χ3v) is 6.86. The Bertz CT molecular complexity index is 1520. The summed E-state index contributed by atoms with van der Waals surface area (Å²) in [5, 5.41) is 5.49. The molecule has 4 aromatic rings. The van der Waals surface area contributed by atoms with Crippen molar-refractivity contribution >= 4 is 39.8 Å². The van der Waals surface area contributed by atoms with Crippen LogP contribution in [0.25, 0.3) is 10.4 Å². The van der Waals surface area contributed by atoms with Crippen LogP contribution in [-0.4, -0.2) is 33.4 Å². The Labute approximate surface area is 224 Å². The van der Waals surface area contributed by atoms with Crippen LogP contribution < -0.4 is 20.3 Å². The zero-order valence-corrected chi connectivity index (χ0v) is 21.3. The lowest BCUT2D eigenvalue weighted by atomic mass is 10.1. The fraction of sp³-hybridized carbons (Fsp3) is 0.192. The Hall–Kier alpha value is -4.52. The Morgan fingerprint density at radius 3 is 2.49 bits per heavy atom. The number of benzene rings is 2. The second-order valence-corrected chi connectivity index (χ2v) is 9.66. The Kier molecular flexibility index (Phi) is 7.15. The number of carbonyl (C=O) groups excluding carboxylic acids is 2. The molecule has 0 aliphatic carbocycles. The van der Waals surface area contributed by atoms with Gasteiger partial charge in [0.05, 0.1) is 28.5 Å². The van der Waals surface area contributed by atoms with E-state index < -0.39 is 17.8 Å². The number of amides is 3. The van der Waals surface area contributed by atoms with Crippen molar-refractivity contribution in [3.05, 3.63) is 72.2 Å². The minimum Gasteiger partial charge on any atom is -0.424 e. The van der Waals surface area contributed by atoms with E-state index in [1.54, 1.807) is 17.2 Å². The van der Waals surface area contributed by atoms with Gasteiger partial charge in [-0.3, -0.25) is 9.69 Å². The van der Waals surface area contributed by atoms with Gasteiger partial charge in [0.25, 0.3) is 0 Å². The van der Waals surface area contributed by atoms with E-state index >= 15 is 0 Å². The molecular weight excluding hydrogens is 533 g/mol. The molecule has 0 radical (unpaired) electrons. The molecule has 1 saturated heterocycles. The summed E-state index contributed by atoms with van der Waals surface area (Å²) in [7, 11) is 0. The molecule has 39 heavy (non-hydrogen) atoms. The molecule has 1 aliphatic rings. The van der Waals surface area contributed by atoms with Gasteiger partial charge in [0, 0.05) is 24.8 Å². The number of hydrogen-bond acceptors (Lipinski definition) is 7. The summed E-state index contributed by atoms with van der Waals surface area (Å²) in [5.74, 6) is 0.590. The van der Waals surface area contributed by atoms with Gasteiger partial charge in [0.2, 0.25) is 5.91 Å². The monoisotopic (exact) mass is 554 g/mol. The van der Waals surface area contributed by atoms with Gasteiger partial charge in [-0.15, -0.1) is 0 Å². The molecule has 1 fully saturated rings. The van der Waals surface area contributed by atoms with Gasteiger partial charge in [0.1, 0.15) is 5.75 Å². The third kappa shape index (κ3) is 6.14. The standard InChI is InChI=1S/C26H21F3N6O3S/c1-15-10-19(7-8-20(15)21-14-32-25(39-21)35-9-3-6-22(35)36)38-24-30-12-18(13-31-24)34-23(37)33-17-5-2-4-16(11-17)26(27,28)29/h2,4-5,7-8,10-14H,3,6,9H2,1H3,(H2,33,34,37). The molecule has 2 N–H and O–H groups in total. The number of anilines is 3. The van der Waals surface area contributed by atoms with E-state index in [0.717, 1.165) is 34.6 Å². The molecule has 2 aromatic heterocycles. The van der Waals surface area contributed by atoms with Crippen molar-refractivity contribution in [1.29, 1.82) is 0 Å². The molecule has 0 saturated carbocycles. The van der Waals surface area contributed by atoms with Crippen LogP contribution in [0.3, 0.4) is 0 Å². The third-order valence-electron chi connectivity index (χ3n) is 5.80. The normalized spacial score (nSPS) is 13.4. The summed E-state index contributed by atoms with van der Waals surface area (Å²) < 4.78 is 44.3. The number of nitrogens with zero attached hydrogens (tertiary/aromatic N) is 4. The smallest absolute Gasteiger partial charge is 0.416 e. The molecule has 200 valence electrons. The summed E-state index contributed by atoms with van der Waals surface area (Å²) in [6, 6.07) is 9.07. The van der Waals surface area contributed by atoms with E-state index in [9.17, 15) is 22.8 Å². The number of rotatable bonds is 6. The largest absolute Gasteiger partial charge is 0.424 e. The highest BCUT2D eigenvalue weighted by atomic mass is 32.1. The maximum atomic E-state index is 12.9. The fourth-order valence-electron chi connectivity index (χ4n) is 3.95. The number of carbonyl (C=O) groups is 2. The van der Waals surface area contributed by atoms with E-state index in [0.29, 0.717) is 23.8 Å². The topological polar surface area (TPSA) is 109 Å². The molecule has 13 heteroatoms. The Morgan fingerprint density at radius 2 is 1.79 bits per heavy atom. The minimum absolute atomic E-state index is 0.0129. The summed E-state index contributed by atoms with van der Waals surface area (Å²) in [6.45, 7) is 2.62. The molecule has 0 bridgehead atoms. The maximum absolute atomic E-state index is 12.9. The second-order valence-electron chi connectivity index (χ2n) is 8.65. The first-order chi connectivity index (χ1) is 18.7. The zero-order valence-electron chi connectivity index (χ0n) is 20.5. The van der Waals surface area contributed by atoms with Gasteiger partial charge < -0.3 is 15.4 Å². The Balaban J connectivity index is 1.19. The van der Waals surface area contributed by atoms with Crippen LogP contribution in [0, 0.1) is 6.92 Å². The van der Waals surface area contributed by atoms with Crippen molar-refractivity contribution in [1.82, 2.24) is 15.0 Å². The fourth-order valence-corrected chi connectivity index (χ4v) is 5.00. The molecule has 0 atom stereocenters. The molecular formula is C26H21F3N6O3S. The van der Waals surface area contributed by atoms with Gasteiger partial charge in [-0.25, -0.2) is 19.7 Å². The molecule has 0 unspecified atom stereocenters. The zero-order chi connectivity index (χ0) is 27.6. The molecule has 9 nitrogen and oxygen atoms in total. The number of alkyl halides is 3. The number of thiazole rings is 1. The lowest BCUT2D eigenvalue weighted by molar-refractivity contribution is -0.137. The van der Waals surface area contributed by atoms with Crippen molar-refractivity contribution in [3.63, 3.8) is 0 Å². The first-order valence-electron chi connectivity index (χ1n) is 11.8. The predicted octanol–water partition coefficient (Wildman–Crippen LogP) is 6.49. The average molecular weight is 555 g/mol. The molecule has 5 rings (SSSR count). The molecule has 0 spiro atoms. The molecule has 1 aliphatic heterocycles. The number of nitrogens with one attached hydrogen (secondary N) is 2. The van der Waals surface area contributed by atoms with E-state index in [1.165, 1.54) is 35.9 Å². The van der Waals surface area contributed by atoms with Gasteiger partial charge in [-0.2, -0.15) is 13.2 Å². The molecule has 3 amide bonds. The summed E-state index contributed by atoms with van der Waals surface area (Å²) in [5.41, 5.74) is 1.23. The summed E-state index contributed by atoms with van der Waals surface area (Å²) in [6.07, 6.45) is 1.25. The number of aryl methyl sites for hydroxylation is 1. The van der Waals surface area contributed by atoms with E-state index in [2.05, 4.69) is 25.6 Å².